The van der Waals surface area contributed by atoms with Crippen molar-refractivity contribution in [2.24, 2.45) is 0 Å². The molecule has 0 aromatic heterocycles. The van der Waals surface area contributed by atoms with Gasteiger partial charge in [-0.15, -0.1) is 0 Å². The molecule has 0 aliphatic carbocycles. The summed E-state index contributed by atoms with van der Waals surface area (Å²) in [5, 5.41) is 25.6. The van der Waals surface area contributed by atoms with Gasteiger partial charge in [-0.2, -0.15) is 0 Å². The van der Waals surface area contributed by atoms with Crippen molar-refractivity contribution in [1.29, 1.82) is 0 Å². The van der Waals surface area contributed by atoms with Crippen LogP contribution in [0.25, 0.3) is 0 Å². The van der Waals surface area contributed by atoms with E-state index in [9.17, 15) is 15.0 Å². The fourth-order valence-corrected chi connectivity index (χ4v) is 3.13. The van der Waals surface area contributed by atoms with E-state index in [-0.39, 0.29) is 30.5 Å². The Bertz CT molecular complexity index is 466. The molecule has 0 bridgehead atoms. The van der Waals surface area contributed by atoms with Crippen molar-refractivity contribution in [3.8, 4) is 0 Å². The molecule has 1 unspecified atom stereocenters. The van der Waals surface area contributed by atoms with Crippen LogP contribution in [0.4, 0.5) is 0 Å². The van der Waals surface area contributed by atoms with E-state index in [0.717, 1.165) is 18.4 Å². The zero-order valence-corrected chi connectivity index (χ0v) is 13.0. The summed E-state index contributed by atoms with van der Waals surface area (Å²) in [6.07, 6.45) is 2.22. The summed E-state index contributed by atoms with van der Waals surface area (Å²) in [5.74, 6) is 0.0628. The summed E-state index contributed by atoms with van der Waals surface area (Å²) in [6, 6.07) is 10.0. The Balaban J connectivity index is 1.83. The lowest BCUT2D eigenvalue weighted by Gasteiger charge is -2.18. The summed E-state index contributed by atoms with van der Waals surface area (Å²) in [5.41, 5.74) is 1.14. The number of hydrogen-bond acceptors (Lipinski definition) is 4. The first kappa shape index (κ1) is 16.9. The van der Waals surface area contributed by atoms with Crippen molar-refractivity contribution in [2.75, 3.05) is 13.7 Å². The minimum absolute atomic E-state index is 0.0604. The number of rotatable bonds is 7. The molecule has 122 valence electrons. The molecule has 0 spiro atoms. The third kappa shape index (κ3) is 4.53. The highest BCUT2D eigenvalue weighted by atomic mass is 16.3. The molecule has 0 saturated carbocycles. The summed E-state index contributed by atoms with van der Waals surface area (Å²) < 4.78 is 0. The van der Waals surface area contributed by atoms with Crippen LogP contribution in [-0.4, -0.2) is 48.0 Å². The van der Waals surface area contributed by atoms with Gasteiger partial charge in [0.25, 0.3) is 0 Å². The highest BCUT2D eigenvalue weighted by molar-refractivity contribution is 5.76. The van der Waals surface area contributed by atoms with Gasteiger partial charge in [0.05, 0.1) is 6.10 Å². The van der Waals surface area contributed by atoms with Gasteiger partial charge in [0, 0.05) is 38.1 Å². The third-order valence-electron chi connectivity index (χ3n) is 4.48. The van der Waals surface area contributed by atoms with Gasteiger partial charge >= 0.3 is 0 Å². The van der Waals surface area contributed by atoms with Crippen LogP contribution < -0.4 is 10.6 Å². The van der Waals surface area contributed by atoms with Crippen LogP contribution in [0.5, 0.6) is 0 Å². The molecular formula is C17H26N2O3. The molecule has 4 N–H and O–H groups in total. The molecule has 1 saturated heterocycles. The van der Waals surface area contributed by atoms with Gasteiger partial charge in [0.15, 0.2) is 0 Å². The fourth-order valence-electron chi connectivity index (χ4n) is 3.13. The lowest BCUT2D eigenvalue weighted by atomic mass is 9.92. The highest BCUT2D eigenvalue weighted by Crippen LogP contribution is 2.25. The zero-order chi connectivity index (χ0) is 15.9. The molecule has 5 nitrogen and oxygen atoms in total. The second kappa shape index (κ2) is 8.27. The predicted octanol–water partition coefficient (Wildman–Crippen LogP) is 0.770. The molecule has 1 aliphatic rings. The largest absolute Gasteiger partial charge is 0.396 e. The van der Waals surface area contributed by atoms with Crippen molar-refractivity contribution >= 4 is 5.91 Å². The van der Waals surface area contributed by atoms with Crippen LogP contribution >= 0.6 is 0 Å². The third-order valence-corrected chi connectivity index (χ3v) is 4.48. The monoisotopic (exact) mass is 306 g/mol. The topological polar surface area (TPSA) is 81.6 Å². The molecule has 5 heteroatoms. The first-order chi connectivity index (χ1) is 10.6. The normalized spacial score (nSPS) is 25.9. The minimum atomic E-state index is -0.480. The first-order valence-corrected chi connectivity index (χ1v) is 7.94. The number of hydrogen-bond donors (Lipinski definition) is 4. The van der Waals surface area contributed by atoms with Crippen LogP contribution in [0.1, 0.15) is 37.2 Å². The van der Waals surface area contributed by atoms with Crippen molar-refractivity contribution in [1.82, 2.24) is 10.6 Å². The molecule has 0 radical (unpaired) electrons. The lowest BCUT2D eigenvalue weighted by molar-refractivity contribution is -0.121. The molecule has 4 atom stereocenters. The van der Waals surface area contributed by atoms with Crippen molar-refractivity contribution in [3.63, 3.8) is 0 Å². The second-order valence-electron chi connectivity index (χ2n) is 6.02. The first-order valence-electron chi connectivity index (χ1n) is 7.94. The second-order valence-corrected chi connectivity index (χ2v) is 6.02. The van der Waals surface area contributed by atoms with Crippen molar-refractivity contribution in [2.45, 2.75) is 49.8 Å². The van der Waals surface area contributed by atoms with E-state index in [4.69, 9.17) is 0 Å². The minimum Gasteiger partial charge on any atom is -0.396 e. The maximum absolute atomic E-state index is 11.4. The van der Waals surface area contributed by atoms with Gasteiger partial charge in [-0.1, -0.05) is 30.3 Å². The van der Waals surface area contributed by atoms with Gasteiger partial charge < -0.3 is 20.8 Å². The molecule has 1 aliphatic heterocycles. The molecule has 1 aromatic rings. The Kier molecular flexibility index (Phi) is 6.36. The Morgan fingerprint density at radius 2 is 2.14 bits per heavy atom. The van der Waals surface area contributed by atoms with E-state index in [1.807, 2.05) is 30.3 Å². The van der Waals surface area contributed by atoms with Gasteiger partial charge in [-0.3, -0.25) is 4.79 Å². The standard InChI is InChI=1S/C17H26N2O3/c1-18-17(22)10-15-16(21)9-14(19-15)8-7-13(11-20)12-5-3-2-4-6-12/h2-6,13-16,19-21H,7-11H2,1H3,(H,18,22)/t13?,14-,15+,16-/m0/s1. The van der Waals surface area contributed by atoms with E-state index >= 15 is 0 Å². The van der Waals surface area contributed by atoms with E-state index in [1.54, 1.807) is 7.05 Å². The number of aliphatic hydroxyl groups is 2. The number of nitrogens with one attached hydrogen (secondary N) is 2. The fraction of sp³-hybridized carbons (Fsp3) is 0.588. The van der Waals surface area contributed by atoms with Gasteiger partial charge in [-0.05, 0) is 24.8 Å². The van der Waals surface area contributed by atoms with Gasteiger partial charge in [0.1, 0.15) is 0 Å². The maximum atomic E-state index is 11.4. The summed E-state index contributed by atoms with van der Waals surface area (Å²) in [4.78, 5) is 11.4. The molecule has 1 amide bonds. The Labute approximate surface area is 131 Å². The number of benzene rings is 1. The van der Waals surface area contributed by atoms with Crippen molar-refractivity contribution in [3.05, 3.63) is 35.9 Å². The van der Waals surface area contributed by atoms with E-state index in [2.05, 4.69) is 10.6 Å². The van der Waals surface area contributed by atoms with Gasteiger partial charge in [0.2, 0.25) is 5.91 Å². The van der Waals surface area contributed by atoms with Gasteiger partial charge in [-0.25, -0.2) is 0 Å². The predicted molar refractivity (Wildman–Crippen MR) is 85.5 cm³/mol. The molecule has 1 aromatic carbocycles. The lowest BCUT2D eigenvalue weighted by Crippen LogP contribution is -2.38. The van der Waals surface area contributed by atoms with E-state index in [1.165, 1.54) is 0 Å². The van der Waals surface area contributed by atoms with Crippen LogP contribution in [0.3, 0.4) is 0 Å². The Morgan fingerprint density at radius 1 is 1.41 bits per heavy atom. The summed E-state index contributed by atoms with van der Waals surface area (Å²) in [7, 11) is 1.60. The number of carbonyl (C=O) groups excluding carboxylic acids is 1. The van der Waals surface area contributed by atoms with E-state index < -0.39 is 6.10 Å². The summed E-state index contributed by atoms with van der Waals surface area (Å²) >= 11 is 0. The zero-order valence-electron chi connectivity index (χ0n) is 13.0. The summed E-state index contributed by atoms with van der Waals surface area (Å²) in [6.45, 7) is 0.126. The number of carbonyl (C=O) groups is 1. The molecule has 1 heterocycles. The Morgan fingerprint density at radius 3 is 2.77 bits per heavy atom. The maximum Gasteiger partial charge on any atom is 0.221 e. The Hall–Kier alpha value is -1.43. The molecular weight excluding hydrogens is 280 g/mol. The van der Waals surface area contributed by atoms with Crippen LogP contribution in [0, 0.1) is 0 Å². The van der Waals surface area contributed by atoms with E-state index in [0.29, 0.717) is 12.8 Å². The smallest absolute Gasteiger partial charge is 0.221 e. The SMILES string of the molecule is CNC(=O)C[C@H]1N[C@@H](CCC(CO)c2ccccc2)C[C@@H]1O. The quantitative estimate of drug-likeness (QED) is 0.600. The molecule has 2 rings (SSSR count). The molecule has 1 fully saturated rings. The number of amides is 1. The average molecular weight is 306 g/mol. The number of aliphatic hydroxyl groups excluding tert-OH is 2. The molecule has 22 heavy (non-hydrogen) atoms. The van der Waals surface area contributed by atoms with Crippen LogP contribution in [0.15, 0.2) is 30.3 Å². The van der Waals surface area contributed by atoms with Crippen LogP contribution in [-0.2, 0) is 4.79 Å². The highest BCUT2D eigenvalue weighted by Gasteiger charge is 2.33. The average Bonchev–Trinajstić information content (AvgIpc) is 2.88. The van der Waals surface area contributed by atoms with Crippen molar-refractivity contribution < 1.29 is 15.0 Å². The van der Waals surface area contributed by atoms with Crippen LogP contribution in [0.2, 0.25) is 0 Å².